The summed E-state index contributed by atoms with van der Waals surface area (Å²) in [5.74, 6) is -3.81. The van der Waals surface area contributed by atoms with Gasteiger partial charge in [0.05, 0.1) is 16.3 Å². The first-order valence-corrected chi connectivity index (χ1v) is 17.4. The Morgan fingerprint density at radius 3 is 1.63 bits per heavy atom. The van der Waals surface area contributed by atoms with E-state index in [0.717, 1.165) is 6.07 Å². The average molecular weight is 665 g/mol. The number of halogens is 1. The van der Waals surface area contributed by atoms with Crippen LogP contribution in [-0.4, -0.2) is 51.3 Å². The molecule has 1 heterocycles. The minimum absolute atomic E-state index is 0.0148. The number of unbranched alkanes of at least 4 members (excludes halogenated alkanes) is 14. The summed E-state index contributed by atoms with van der Waals surface area (Å²) in [5.41, 5.74) is -2.85. The Bertz CT molecular complexity index is 1150. The third-order valence-electron chi connectivity index (χ3n) is 7.95. The van der Waals surface area contributed by atoms with E-state index in [-0.39, 0.29) is 16.3 Å². The van der Waals surface area contributed by atoms with E-state index < -0.39 is 46.7 Å². The van der Waals surface area contributed by atoms with E-state index in [0.29, 0.717) is 4.90 Å². The van der Waals surface area contributed by atoms with Gasteiger partial charge in [0, 0.05) is 5.41 Å². The van der Waals surface area contributed by atoms with Crippen molar-refractivity contribution in [3.8, 4) is 0 Å². The molecule has 1 fully saturated rings. The highest BCUT2D eigenvalue weighted by atomic mass is 35.5. The van der Waals surface area contributed by atoms with Crippen LogP contribution in [0.15, 0.2) is 18.2 Å². The fourth-order valence-corrected chi connectivity index (χ4v) is 5.24. The molecule has 46 heavy (non-hydrogen) atoms. The van der Waals surface area contributed by atoms with E-state index >= 15 is 0 Å². The summed E-state index contributed by atoms with van der Waals surface area (Å²) < 4.78 is 4.99. The second-order valence-electron chi connectivity index (χ2n) is 13.7. The topological polar surface area (TPSA) is 130 Å². The predicted octanol–water partition coefficient (Wildman–Crippen LogP) is 9.60. The molecule has 260 valence electrons. The molecular weight excluding hydrogens is 608 g/mol. The fourth-order valence-electron chi connectivity index (χ4n) is 5.07. The van der Waals surface area contributed by atoms with Crippen molar-refractivity contribution in [2.75, 3.05) is 5.32 Å². The number of carbonyl (C=O) groups excluding carboxylic acids is 4. The number of carboxylic acids is 1. The number of nitrogens with one attached hydrogen (secondary N) is 1. The number of amides is 3. The standard InChI is InChI=1S/C19H21ClN2O7.C17H36/c1-18(2,3)13(23)12(22-16(27)19(4,5)29-17(22)28)14(24)21-11-8-9(15(25)26)6-7-10(11)20;1-3-5-7-9-11-13-15-17-16-14-12-10-8-6-4-2/h6-8,12H,1-5H3,(H,21,24)(H,25,26);3-17H2,1-2H3. The molecule has 1 unspecified atom stereocenters. The second-order valence-corrected chi connectivity index (χ2v) is 14.1. The lowest BCUT2D eigenvalue weighted by Crippen LogP contribution is -2.55. The van der Waals surface area contributed by atoms with Crippen LogP contribution >= 0.6 is 11.6 Å². The van der Waals surface area contributed by atoms with Crippen LogP contribution in [0.25, 0.3) is 0 Å². The molecule has 0 bridgehead atoms. The molecule has 0 aromatic heterocycles. The number of hydrogen-bond donors (Lipinski definition) is 2. The number of rotatable bonds is 19. The van der Waals surface area contributed by atoms with Crippen LogP contribution in [0.4, 0.5) is 10.5 Å². The molecule has 0 radical (unpaired) electrons. The van der Waals surface area contributed by atoms with E-state index in [4.69, 9.17) is 21.4 Å². The molecular formula is C36H57ClN2O7. The Morgan fingerprint density at radius 2 is 1.28 bits per heavy atom. The first kappa shape index (κ1) is 41.1. The maximum atomic E-state index is 13.0. The number of carboxylic acid groups (broad SMARTS) is 1. The third kappa shape index (κ3) is 13.8. The number of Topliss-reactive ketones (excluding diaryl/α,β-unsaturated/α-hetero) is 1. The lowest BCUT2D eigenvalue weighted by atomic mass is 9.85. The van der Waals surface area contributed by atoms with E-state index in [1.807, 2.05) is 0 Å². The number of imide groups is 1. The molecule has 1 aliphatic rings. The maximum Gasteiger partial charge on any atom is 0.418 e. The molecule has 2 N–H and O–H groups in total. The van der Waals surface area contributed by atoms with Crippen molar-refractivity contribution in [3.05, 3.63) is 28.8 Å². The van der Waals surface area contributed by atoms with E-state index in [1.54, 1.807) is 0 Å². The van der Waals surface area contributed by atoms with Crippen molar-refractivity contribution in [1.29, 1.82) is 0 Å². The van der Waals surface area contributed by atoms with Gasteiger partial charge in [-0.3, -0.25) is 14.4 Å². The van der Waals surface area contributed by atoms with E-state index in [2.05, 4.69) is 19.2 Å². The van der Waals surface area contributed by atoms with Crippen molar-refractivity contribution >= 4 is 46.9 Å². The Labute approximate surface area is 281 Å². The molecule has 10 heteroatoms. The van der Waals surface area contributed by atoms with Gasteiger partial charge in [-0.25, -0.2) is 14.5 Å². The number of anilines is 1. The number of hydrogen-bond acceptors (Lipinski definition) is 6. The van der Waals surface area contributed by atoms with E-state index in [9.17, 15) is 24.0 Å². The van der Waals surface area contributed by atoms with Crippen LogP contribution in [0.5, 0.6) is 0 Å². The molecule has 1 atom stereocenters. The predicted molar refractivity (Wildman–Crippen MR) is 183 cm³/mol. The molecule has 1 aromatic carbocycles. The van der Waals surface area contributed by atoms with Crippen LogP contribution in [-0.2, 0) is 19.1 Å². The number of carbonyl (C=O) groups is 5. The molecule has 0 aliphatic carbocycles. The van der Waals surface area contributed by atoms with Crippen molar-refractivity contribution in [2.24, 2.45) is 5.41 Å². The number of ether oxygens (including phenoxy) is 1. The Morgan fingerprint density at radius 1 is 0.848 bits per heavy atom. The molecule has 0 spiro atoms. The van der Waals surface area contributed by atoms with Crippen LogP contribution < -0.4 is 5.32 Å². The van der Waals surface area contributed by atoms with Gasteiger partial charge in [-0.05, 0) is 32.0 Å². The van der Waals surface area contributed by atoms with Gasteiger partial charge >= 0.3 is 12.1 Å². The summed E-state index contributed by atoms with van der Waals surface area (Å²) in [5, 5.41) is 11.5. The van der Waals surface area contributed by atoms with Gasteiger partial charge in [0.1, 0.15) is 0 Å². The molecule has 1 saturated heterocycles. The number of benzene rings is 1. The van der Waals surface area contributed by atoms with Gasteiger partial charge in [-0.15, -0.1) is 0 Å². The average Bonchev–Trinajstić information content (AvgIpc) is 3.18. The highest BCUT2D eigenvalue weighted by Crippen LogP contribution is 2.31. The maximum absolute atomic E-state index is 13.0. The first-order chi connectivity index (χ1) is 21.6. The monoisotopic (exact) mass is 664 g/mol. The Hall–Kier alpha value is -2.94. The summed E-state index contributed by atoms with van der Waals surface area (Å²) in [7, 11) is 0. The fraction of sp³-hybridized carbons (Fsp3) is 0.694. The molecule has 2 rings (SSSR count). The van der Waals surface area contributed by atoms with Gasteiger partial charge in [-0.1, -0.05) is 143 Å². The van der Waals surface area contributed by atoms with Crippen molar-refractivity contribution in [3.63, 3.8) is 0 Å². The lowest BCUT2D eigenvalue weighted by Gasteiger charge is -2.28. The minimum atomic E-state index is -1.82. The SMILES string of the molecule is CC(C)(C)C(=O)C(C(=O)Nc1cc(C(=O)O)ccc1Cl)N1C(=O)OC(C)(C)C1=O.CCCCCCCCCCCCCCCCC. The summed E-state index contributed by atoms with van der Waals surface area (Å²) >= 11 is 6.02. The van der Waals surface area contributed by atoms with Crippen LogP contribution in [0.1, 0.15) is 155 Å². The number of cyclic esters (lactones) is 1. The Balaban J connectivity index is 0.000000533. The van der Waals surface area contributed by atoms with Crippen molar-refractivity contribution < 1.29 is 33.8 Å². The zero-order chi connectivity index (χ0) is 34.9. The molecule has 0 saturated carbocycles. The first-order valence-electron chi connectivity index (χ1n) is 17.0. The van der Waals surface area contributed by atoms with Gasteiger partial charge in [0.2, 0.25) is 0 Å². The number of nitrogens with zero attached hydrogens (tertiary/aromatic N) is 1. The van der Waals surface area contributed by atoms with Crippen LogP contribution in [0.2, 0.25) is 5.02 Å². The third-order valence-corrected chi connectivity index (χ3v) is 8.27. The highest BCUT2D eigenvalue weighted by molar-refractivity contribution is 6.34. The molecule has 1 aliphatic heterocycles. The van der Waals surface area contributed by atoms with E-state index in [1.165, 1.54) is 143 Å². The summed E-state index contributed by atoms with van der Waals surface area (Å²) in [6.45, 7) is 11.9. The number of ketones is 1. The summed E-state index contributed by atoms with van der Waals surface area (Å²) in [6.07, 6.45) is 20.8. The zero-order valence-corrected chi connectivity index (χ0v) is 29.9. The number of aromatic carboxylic acids is 1. The van der Waals surface area contributed by atoms with Gasteiger partial charge in [0.15, 0.2) is 17.4 Å². The minimum Gasteiger partial charge on any atom is -0.478 e. The van der Waals surface area contributed by atoms with Crippen molar-refractivity contribution in [2.45, 2.75) is 156 Å². The zero-order valence-electron chi connectivity index (χ0n) is 29.1. The second kappa shape index (κ2) is 20.3. The summed E-state index contributed by atoms with van der Waals surface area (Å²) in [6, 6.07) is 1.79. The quantitative estimate of drug-likeness (QED) is 0.111. The van der Waals surface area contributed by atoms with Gasteiger partial charge < -0.3 is 15.2 Å². The lowest BCUT2D eigenvalue weighted by molar-refractivity contribution is -0.145. The van der Waals surface area contributed by atoms with Crippen LogP contribution in [0, 0.1) is 5.41 Å². The molecule has 1 aromatic rings. The van der Waals surface area contributed by atoms with Crippen molar-refractivity contribution in [1.82, 2.24) is 4.90 Å². The molecule has 9 nitrogen and oxygen atoms in total. The largest absolute Gasteiger partial charge is 0.478 e. The van der Waals surface area contributed by atoms with Gasteiger partial charge in [0.25, 0.3) is 11.8 Å². The molecule has 3 amide bonds. The van der Waals surface area contributed by atoms with Crippen LogP contribution in [0.3, 0.4) is 0 Å². The summed E-state index contributed by atoms with van der Waals surface area (Å²) in [4.78, 5) is 62.5. The highest BCUT2D eigenvalue weighted by Gasteiger charge is 2.55. The Kier molecular flexibility index (Phi) is 18.2. The smallest absolute Gasteiger partial charge is 0.418 e. The normalized spacial score (nSPS) is 14.7. The van der Waals surface area contributed by atoms with Gasteiger partial charge in [-0.2, -0.15) is 0 Å².